The highest BCUT2D eigenvalue weighted by Crippen LogP contribution is 2.00. The summed E-state index contributed by atoms with van der Waals surface area (Å²) in [6.07, 6.45) is 3.05. The zero-order valence-corrected chi connectivity index (χ0v) is 19.1. The molecule has 0 radical (unpaired) electrons. The molecule has 1 rings (SSSR count). The highest BCUT2D eigenvalue weighted by atomic mass is 16.5. The average molecular weight is 427 g/mol. The van der Waals surface area contributed by atoms with Gasteiger partial charge in [-0.1, -0.05) is 57.5 Å². The van der Waals surface area contributed by atoms with Crippen LogP contribution in [0.4, 0.5) is 4.79 Å². The molecule has 172 valence electrons. The first-order valence-electron chi connectivity index (χ1n) is 9.96. The summed E-state index contributed by atoms with van der Waals surface area (Å²) in [6, 6.07) is 9.64. The number of carboxylic acids is 1. The minimum absolute atomic E-state index is 0.317. The van der Waals surface area contributed by atoms with Gasteiger partial charge in [0.2, 0.25) is 6.41 Å². The molecular formula is C22H38N2O6. The molecule has 8 heteroatoms. The van der Waals surface area contributed by atoms with Crippen LogP contribution in [0.2, 0.25) is 0 Å². The zero-order valence-electron chi connectivity index (χ0n) is 19.1. The Morgan fingerprint density at radius 2 is 1.70 bits per heavy atom. The Morgan fingerprint density at radius 1 is 1.13 bits per heavy atom. The molecule has 8 nitrogen and oxygen atoms in total. The monoisotopic (exact) mass is 426 g/mol. The molecule has 0 bridgehead atoms. The molecule has 0 unspecified atom stereocenters. The normalized spacial score (nSPS) is 9.20. The van der Waals surface area contributed by atoms with Crippen molar-refractivity contribution in [3.8, 4) is 0 Å². The third-order valence-corrected chi connectivity index (χ3v) is 2.93. The minimum Gasteiger partial charge on any atom is -0.478 e. The van der Waals surface area contributed by atoms with Crippen LogP contribution in [0.25, 0.3) is 0 Å². The second-order valence-corrected chi connectivity index (χ2v) is 5.35. The molecule has 0 spiro atoms. The van der Waals surface area contributed by atoms with E-state index in [1.807, 2.05) is 51.1 Å². The van der Waals surface area contributed by atoms with Gasteiger partial charge in [0.05, 0.1) is 0 Å². The molecule has 0 atom stereocenters. The van der Waals surface area contributed by atoms with Gasteiger partial charge in [-0.15, -0.1) is 0 Å². The molecule has 1 aromatic carbocycles. The number of methoxy groups -OCH3 is 1. The maximum atomic E-state index is 11.2. The van der Waals surface area contributed by atoms with E-state index in [9.17, 15) is 14.4 Å². The third-order valence-electron chi connectivity index (χ3n) is 2.93. The third kappa shape index (κ3) is 27.3. The predicted octanol–water partition coefficient (Wildman–Crippen LogP) is 4.11. The number of aliphatic carboxylic acids is 1. The number of amides is 2. The molecule has 0 aromatic heterocycles. The molecule has 0 aliphatic carbocycles. The second kappa shape index (κ2) is 26.1. The Balaban J connectivity index is -0.000000414. The van der Waals surface area contributed by atoms with Crippen molar-refractivity contribution in [2.45, 2.75) is 54.1 Å². The predicted molar refractivity (Wildman–Crippen MR) is 119 cm³/mol. The number of hydrogen-bond donors (Lipinski definition) is 3. The number of carbonyl (C=O) groups excluding carboxylic acids is 2. The number of allylic oxidation sites excluding steroid dienone is 1. The first-order valence-corrected chi connectivity index (χ1v) is 9.96. The van der Waals surface area contributed by atoms with Crippen LogP contribution in [-0.2, 0) is 25.7 Å². The lowest BCUT2D eigenvalue weighted by molar-refractivity contribution is -0.131. The summed E-state index contributed by atoms with van der Waals surface area (Å²) in [4.78, 5) is 30.7. The van der Waals surface area contributed by atoms with Crippen LogP contribution in [0, 0.1) is 0 Å². The van der Waals surface area contributed by atoms with Crippen LogP contribution in [0.5, 0.6) is 0 Å². The first-order chi connectivity index (χ1) is 14.4. The van der Waals surface area contributed by atoms with Crippen molar-refractivity contribution in [3.05, 3.63) is 47.7 Å². The van der Waals surface area contributed by atoms with Gasteiger partial charge < -0.3 is 25.2 Å². The van der Waals surface area contributed by atoms with Crippen LogP contribution in [0.15, 0.2) is 42.1 Å². The molecule has 0 saturated heterocycles. The van der Waals surface area contributed by atoms with Crippen molar-refractivity contribution in [2.24, 2.45) is 0 Å². The number of unbranched alkanes of at least 4 members (excludes halogenated alkanes) is 1. The van der Waals surface area contributed by atoms with Gasteiger partial charge in [0.1, 0.15) is 6.61 Å². The van der Waals surface area contributed by atoms with Gasteiger partial charge in [-0.2, -0.15) is 0 Å². The van der Waals surface area contributed by atoms with Crippen molar-refractivity contribution in [1.82, 2.24) is 10.6 Å². The van der Waals surface area contributed by atoms with Crippen molar-refractivity contribution < 1.29 is 29.0 Å². The highest BCUT2D eigenvalue weighted by Gasteiger charge is 2.00. The Labute approximate surface area is 180 Å². The Kier molecular flexibility index (Phi) is 27.7. The van der Waals surface area contributed by atoms with Gasteiger partial charge in [-0.05, 0) is 25.8 Å². The number of nitrogens with one attached hydrogen (secondary N) is 2. The van der Waals surface area contributed by atoms with Crippen LogP contribution < -0.4 is 10.6 Å². The number of ether oxygens (including phenoxy) is 2. The van der Waals surface area contributed by atoms with Gasteiger partial charge in [-0.3, -0.25) is 4.79 Å². The topological polar surface area (TPSA) is 114 Å². The van der Waals surface area contributed by atoms with E-state index < -0.39 is 5.97 Å². The molecule has 30 heavy (non-hydrogen) atoms. The van der Waals surface area contributed by atoms with E-state index >= 15 is 0 Å². The van der Waals surface area contributed by atoms with E-state index in [0.717, 1.165) is 31.1 Å². The van der Waals surface area contributed by atoms with E-state index in [0.29, 0.717) is 25.3 Å². The fourth-order valence-electron chi connectivity index (χ4n) is 1.46. The second-order valence-electron chi connectivity index (χ2n) is 5.35. The van der Waals surface area contributed by atoms with Crippen LogP contribution in [-0.4, -0.2) is 43.8 Å². The van der Waals surface area contributed by atoms with Gasteiger partial charge in [0.15, 0.2) is 0 Å². The minimum atomic E-state index is -1.07. The number of carboxylic acid groups (broad SMARTS) is 1. The summed E-state index contributed by atoms with van der Waals surface area (Å²) >= 11 is 0. The fraction of sp³-hybridized carbons (Fsp3) is 0.500. The Bertz CT molecular complexity index is 560. The van der Waals surface area contributed by atoms with Gasteiger partial charge in [0.25, 0.3) is 0 Å². The molecule has 0 heterocycles. The Hall–Kier alpha value is -2.87. The molecule has 0 aliphatic rings. The van der Waals surface area contributed by atoms with E-state index in [1.165, 1.54) is 6.92 Å². The van der Waals surface area contributed by atoms with Crippen molar-refractivity contribution in [3.63, 3.8) is 0 Å². The summed E-state index contributed by atoms with van der Waals surface area (Å²) in [5, 5.41) is 12.9. The molecule has 1 aromatic rings. The smallest absolute Gasteiger partial charge is 0.407 e. The van der Waals surface area contributed by atoms with Crippen molar-refractivity contribution in [2.75, 3.05) is 20.3 Å². The average Bonchev–Trinajstić information content (AvgIpc) is 2.75. The van der Waals surface area contributed by atoms with E-state index in [1.54, 1.807) is 7.11 Å². The fourth-order valence-corrected chi connectivity index (χ4v) is 1.46. The summed E-state index contributed by atoms with van der Waals surface area (Å²) in [6.45, 7) is 11.4. The van der Waals surface area contributed by atoms with E-state index in [2.05, 4.69) is 22.3 Å². The van der Waals surface area contributed by atoms with Crippen molar-refractivity contribution in [1.29, 1.82) is 0 Å². The summed E-state index contributed by atoms with van der Waals surface area (Å²) in [5.74, 6) is -1.07. The Morgan fingerprint density at radius 3 is 2.13 bits per heavy atom. The number of alkyl carbamates (subject to hydrolysis) is 1. The molecule has 0 fully saturated rings. The lowest BCUT2D eigenvalue weighted by Gasteiger charge is -2.06. The molecule has 2 amide bonds. The highest BCUT2D eigenvalue weighted by molar-refractivity contribution is 5.80. The quantitative estimate of drug-likeness (QED) is 0.311. The number of rotatable bonds is 9. The molecule has 0 saturated carbocycles. The number of benzene rings is 1. The first kappa shape index (κ1) is 31.8. The van der Waals surface area contributed by atoms with E-state index in [-0.39, 0.29) is 6.09 Å². The number of carbonyl (C=O) groups is 3. The maximum absolute atomic E-state index is 11.2. The van der Waals surface area contributed by atoms with Gasteiger partial charge in [0, 0.05) is 32.0 Å². The molecular weight excluding hydrogens is 388 g/mol. The summed E-state index contributed by atoms with van der Waals surface area (Å²) in [7, 11) is 1.68. The number of hydrogen-bond acceptors (Lipinski definition) is 5. The standard InChI is InChI=1S/C12H17NO2.C5H7NO3.C3H8O.C2H6/c1-2-3-9-13-12(14)15-10-11-7-5-4-6-8-11;1-4(6-3-7)2-5(8)9;1-3-4-2;1-2/h4-8H,2-3,9-10H2,1H3,(H,13,14);2-3H,1H3,(H,6,7)(H,8,9);3H2,1-2H3;1-2H3/b;4-2+;;. The van der Waals surface area contributed by atoms with Crippen LogP contribution in [0.3, 0.4) is 0 Å². The van der Waals surface area contributed by atoms with Crippen molar-refractivity contribution >= 4 is 18.5 Å². The SMILES string of the molecule is C/C(=C\C(=O)O)NC=O.CC.CCCCNC(=O)OCc1ccccc1.CCOC. The molecule has 0 aliphatic heterocycles. The molecule has 3 N–H and O–H groups in total. The maximum Gasteiger partial charge on any atom is 0.407 e. The van der Waals surface area contributed by atoms with Crippen LogP contribution in [0.1, 0.15) is 53.0 Å². The summed E-state index contributed by atoms with van der Waals surface area (Å²) < 4.78 is 9.57. The summed E-state index contributed by atoms with van der Waals surface area (Å²) in [5.41, 5.74) is 1.32. The largest absolute Gasteiger partial charge is 0.478 e. The lowest BCUT2D eigenvalue weighted by atomic mass is 10.2. The van der Waals surface area contributed by atoms with E-state index in [4.69, 9.17) is 9.84 Å². The van der Waals surface area contributed by atoms with Gasteiger partial charge >= 0.3 is 12.1 Å². The lowest BCUT2D eigenvalue weighted by Crippen LogP contribution is -2.25. The van der Waals surface area contributed by atoms with Crippen LogP contribution >= 0.6 is 0 Å². The van der Waals surface area contributed by atoms with Gasteiger partial charge in [-0.25, -0.2) is 9.59 Å². The zero-order chi connectivity index (χ0) is 23.6.